The average Bonchev–Trinajstić information content (AvgIpc) is 3.82. The molecular weight excluding hydrogens is 731 g/mol. The molecule has 0 fully saturated rings. The van der Waals surface area contributed by atoms with Crippen LogP contribution in [0, 0.1) is 11.3 Å². The van der Waals surface area contributed by atoms with E-state index in [-0.39, 0.29) is 0 Å². The third-order valence-corrected chi connectivity index (χ3v) is 11.9. The van der Waals surface area contributed by atoms with Crippen molar-refractivity contribution >= 4 is 65.3 Å². The molecule has 12 rings (SSSR count). The van der Waals surface area contributed by atoms with E-state index in [0.29, 0.717) is 11.5 Å². The quantitative estimate of drug-likeness (QED) is 0.175. The van der Waals surface area contributed by atoms with Crippen molar-refractivity contribution in [1.82, 2.24) is 19.1 Å². The highest BCUT2D eigenvalue weighted by molar-refractivity contribution is 6.14. The summed E-state index contributed by atoms with van der Waals surface area (Å²) in [6.45, 7) is 0. The van der Waals surface area contributed by atoms with Gasteiger partial charge in [0.05, 0.1) is 44.9 Å². The Kier molecular flexibility index (Phi) is 7.53. The van der Waals surface area contributed by atoms with E-state index in [1.165, 1.54) is 10.8 Å². The Morgan fingerprint density at radius 1 is 0.383 bits per heavy atom. The van der Waals surface area contributed by atoms with Crippen LogP contribution in [-0.4, -0.2) is 19.1 Å². The van der Waals surface area contributed by atoms with Crippen molar-refractivity contribution in [3.05, 3.63) is 206 Å². The van der Waals surface area contributed by atoms with E-state index in [1.807, 2.05) is 30.3 Å². The van der Waals surface area contributed by atoms with Crippen molar-refractivity contribution in [3.63, 3.8) is 0 Å². The van der Waals surface area contributed by atoms with Crippen LogP contribution in [0.3, 0.4) is 0 Å². The molecule has 0 radical (unpaired) electrons. The first-order valence-corrected chi connectivity index (χ1v) is 20.1. The molecule has 0 aliphatic carbocycles. The Labute approximate surface area is 345 Å². The smallest absolute Gasteiger partial charge is 0.235 e. The summed E-state index contributed by atoms with van der Waals surface area (Å²) in [5.41, 5.74) is 13.0. The highest BCUT2D eigenvalue weighted by Crippen LogP contribution is 2.42. The van der Waals surface area contributed by atoms with E-state index in [2.05, 4.69) is 185 Å². The number of fused-ring (bicyclic) bond motifs is 8. The molecular formula is C55H33N5. The van der Waals surface area contributed by atoms with Crippen LogP contribution in [-0.2, 0) is 0 Å². The number of hydrogen-bond acceptors (Lipinski definition) is 3. The first kappa shape index (κ1) is 33.8. The maximum atomic E-state index is 9.66. The minimum Gasteiger partial charge on any atom is -0.309 e. The van der Waals surface area contributed by atoms with E-state index in [4.69, 9.17) is 9.97 Å². The van der Waals surface area contributed by atoms with E-state index in [0.717, 1.165) is 93.7 Å². The summed E-state index contributed by atoms with van der Waals surface area (Å²) < 4.78 is 4.58. The van der Waals surface area contributed by atoms with E-state index >= 15 is 0 Å². The second-order valence-corrected chi connectivity index (χ2v) is 15.3. The first-order chi connectivity index (χ1) is 29.7. The van der Waals surface area contributed by atoms with Crippen molar-refractivity contribution < 1.29 is 0 Å². The molecule has 0 unspecified atom stereocenters. The van der Waals surface area contributed by atoms with Gasteiger partial charge in [-0.2, -0.15) is 5.26 Å². The lowest BCUT2D eigenvalue weighted by Crippen LogP contribution is -2.04. The molecule has 60 heavy (non-hydrogen) atoms. The van der Waals surface area contributed by atoms with Gasteiger partial charge in [0.2, 0.25) is 5.95 Å². The highest BCUT2D eigenvalue weighted by atomic mass is 15.2. The van der Waals surface area contributed by atoms with Gasteiger partial charge in [0.15, 0.2) is 0 Å². The molecule has 0 atom stereocenters. The van der Waals surface area contributed by atoms with Crippen molar-refractivity contribution in [3.8, 4) is 51.2 Å². The average molecular weight is 764 g/mol. The normalized spacial score (nSPS) is 11.7. The Balaban J connectivity index is 1.20. The SMILES string of the molecule is N#Cc1ccc(-c2cc3c(-c4ccc5c(c4)c4ccccc4n5-c4ccccc4)nc(-n4c5ccccc5c5cc6ccccc6cc54)nc3cc2-c2ccccc2)cc1. The Bertz CT molecular complexity index is 3700. The lowest BCUT2D eigenvalue weighted by atomic mass is 9.91. The van der Waals surface area contributed by atoms with Gasteiger partial charge in [0, 0.05) is 38.2 Å². The lowest BCUT2D eigenvalue weighted by molar-refractivity contribution is 1.01. The fourth-order valence-electron chi connectivity index (χ4n) is 9.15. The second kappa shape index (κ2) is 13.4. The zero-order chi connectivity index (χ0) is 39.7. The lowest BCUT2D eigenvalue weighted by Gasteiger charge is -2.16. The summed E-state index contributed by atoms with van der Waals surface area (Å²) in [4.78, 5) is 11.1. The van der Waals surface area contributed by atoms with Crippen molar-refractivity contribution in [2.24, 2.45) is 0 Å². The van der Waals surface area contributed by atoms with Crippen LogP contribution in [0.4, 0.5) is 0 Å². The molecule has 5 heteroatoms. The molecule has 0 bridgehead atoms. The van der Waals surface area contributed by atoms with Crippen LogP contribution in [0.5, 0.6) is 0 Å². The molecule has 3 aromatic heterocycles. The van der Waals surface area contributed by atoms with Crippen molar-refractivity contribution in [2.75, 3.05) is 0 Å². The largest absolute Gasteiger partial charge is 0.309 e. The van der Waals surface area contributed by atoms with Gasteiger partial charge in [-0.25, -0.2) is 9.97 Å². The second-order valence-electron chi connectivity index (χ2n) is 15.3. The Morgan fingerprint density at radius 3 is 1.68 bits per heavy atom. The van der Waals surface area contributed by atoms with Crippen LogP contribution >= 0.6 is 0 Å². The third-order valence-electron chi connectivity index (χ3n) is 11.9. The molecule has 0 saturated heterocycles. The van der Waals surface area contributed by atoms with Crippen LogP contribution in [0.2, 0.25) is 0 Å². The van der Waals surface area contributed by atoms with Crippen molar-refractivity contribution in [2.45, 2.75) is 0 Å². The topological polar surface area (TPSA) is 59.4 Å². The maximum Gasteiger partial charge on any atom is 0.235 e. The number of nitriles is 1. The van der Waals surface area contributed by atoms with Gasteiger partial charge < -0.3 is 4.57 Å². The highest BCUT2D eigenvalue weighted by Gasteiger charge is 2.21. The van der Waals surface area contributed by atoms with Crippen molar-refractivity contribution in [1.29, 1.82) is 5.26 Å². The molecule has 278 valence electrons. The third kappa shape index (κ3) is 5.25. The summed E-state index contributed by atoms with van der Waals surface area (Å²) in [7, 11) is 0. The number of benzene rings is 9. The summed E-state index contributed by atoms with van der Waals surface area (Å²) in [6.07, 6.45) is 0. The van der Waals surface area contributed by atoms with Crippen LogP contribution < -0.4 is 0 Å². The summed E-state index contributed by atoms with van der Waals surface area (Å²) in [5.74, 6) is 0.607. The van der Waals surface area contributed by atoms with Gasteiger partial charge in [-0.15, -0.1) is 0 Å². The zero-order valence-corrected chi connectivity index (χ0v) is 32.3. The minimum absolute atomic E-state index is 0.607. The molecule has 0 saturated carbocycles. The van der Waals surface area contributed by atoms with Crippen LogP contribution in [0.25, 0.3) is 110 Å². The summed E-state index contributed by atoms with van der Waals surface area (Å²) in [5, 5.41) is 17.6. The number of aromatic nitrogens is 4. The number of hydrogen-bond donors (Lipinski definition) is 0. The van der Waals surface area contributed by atoms with Gasteiger partial charge in [0.1, 0.15) is 0 Å². The standard InChI is InChI=1S/C55H33N5/c56-34-35-23-25-37(26-24-35)44-32-48-49(33-45(44)36-13-3-1-4-14-36)57-55(60-51-22-12-10-20-43(51)47-29-38-15-7-8-16-39(38)31-53(47)60)58-54(48)40-27-28-52-46(30-40)42-19-9-11-21-50(42)59(52)41-17-5-2-6-18-41/h1-33H. The Hall–Kier alpha value is -8.33. The maximum absolute atomic E-state index is 9.66. The molecule has 0 aliphatic heterocycles. The molecule has 12 aromatic rings. The summed E-state index contributed by atoms with van der Waals surface area (Å²) >= 11 is 0. The first-order valence-electron chi connectivity index (χ1n) is 20.1. The zero-order valence-electron chi connectivity index (χ0n) is 32.3. The van der Waals surface area contributed by atoms with E-state index < -0.39 is 0 Å². The van der Waals surface area contributed by atoms with Gasteiger partial charge in [0.25, 0.3) is 0 Å². The van der Waals surface area contributed by atoms with E-state index in [1.54, 1.807) is 0 Å². The van der Waals surface area contributed by atoms with E-state index in [9.17, 15) is 5.26 Å². The number of para-hydroxylation sites is 3. The predicted molar refractivity (Wildman–Crippen MR) is 247 cm³/mol. The Morgan fingerprint density at radius 2 is 0.950 bits per heavy atom. The minimum atomic E-state index is 0.607. The molecule has 0 N–H and O–H groups in total. The molecule has 3 heterocycles. The molecule has 0 aliphatic rings. The predicted octanol–water partition coefficient (Wildman–Crippen LogP) is 13.8. The monoisotopic (exact) mass is 763 g/mol. The molecule has 0 amide bonds. The molecule has 5 nitrogen and oxygen atoms in total. The number of nitrogens with zero attached hydrogens (tertiary/aromatic N) is 5. The molecule has 0 spiro atoms. The van der Waals surface area contributed by atoms with Gasteiger partial charge in [-0.3, -0.25) is 4.57 Å². The number of rotatable bonds is 5. The molecule has 9 aromatic carbocycles. The van der Waals surface area contributed by atoms with Crippen LogP contribution in [0.15, 0.2) is 200 Å². The summed E-state index contributed by atoms with van der Waals surface area (Å²) in [6, 6.07) is 72.6. The fraction of sp³-hybridized carbons (Fsp3) is 0. The fourth-order valence-corrected chi connectivity index (χ4v) is 9.15. The van der Waals surface area contributed by atoms with Gasteiger partial charge in [-0.1, -0.05) is 127 Å². The van der Waals surface area contributed by atoms with Crippen LogP contribution in [0.1, 0.15) is 5.56 Å². The van der Waals surface area contributed by atoms with Gasteiger partial charge >= 0.3 is 0 Å². The van der Waals surface area contributed by atoms with Gasteiger partial charge in [-0.05, 0) is 106 Å².